The molecule has 1 saturated heterocycles. The Kier molecular flexibility index (Phi) is 5.89. The van der Waals surface area contributed by atoms with Gasteiger partial charge in [-0.05, 0) is 30.9 Å². The van der Waals surface area contributed by atoms with Crippen molar-refractivity contribution in [1.82, 2.24) is 19.7 Å². The van der Waals surface area contributed by atoms with Gasteiger partial charge in [0, 0.05) is 26.2 Å². The average molecular weight is 390 g/mol. The highest BCUT2D eigenvalue weighted by atomic mass is 16.2. The third-order valence-electron chi connectivity index (χ3n) is 5.38. The summed E-state index contributed by atoms with van der Waals surface area (Å²) in [6.07, 6.45) is 2.11. The van der Waals surface area contributed by atoms with Crippen molar-refractivity contribution in [2.75, 3.05) is 24.5 Å². The summed E-state index contributed by atoms with van der Waals surface area (Å²) in [5, 5.41) is 8.81. The summed E-state index contributed by atoms with van der Waals surface area (Å²) in [7, 11) is 0. The topological polar surface area (TPSA) is 54.3 Å². The number of rotatable bonds is 7. The van der Waals surface area contributed by atoms with Gasteiger partial charge in [0.05, 0.1) is 6.54 Å². The Balaban J connectivity index is 1.69. The third kappa shape index (κ3) is 4.31. The monoisotopic (exact) mass is 389 g/mol. The van der Waals surface area contributed by atoms with Crippen LogP contribution in [0.4, 0.5) is 5.95 Å². The van der Waals surface area contributed by atoms with Gasteiger partial charge in [0.15, 0.2) is 0 Å². The van der Waals surface area contributed by atoms with Gasteiger partial charge in [0.1, 0.15) is 0 Å². The normalized spacial score (nSPS) is 13.6. The van der Waals surface area contributed by atoms with E-state index >= 15 is 0 Å². The fraction of sp³-hybridized carbons (Fsp3) is 0.348. The Hall–Kier alpha value is -3.15. The summed E-state index contributed by atoms with van der Waals surface area (Å²) < 4.78 is 1.97. The number of nitrogens with zero attached hydrogens (tertiary/aromatic N) is 5. The Morgan fingerprint density at radius 1 is 0.931 bits per heavy atom. The maximum atomic E-state index is 13.1. The molecule has 1 amide bonds. The Labute approximate surface area is 171 Å². The van der Waals surface area contributed by atoms with Crippen LogP contribution in [-0.2, 0) is 13.1 Å². The number of anilines is 1. The van der Waals surface area contributed by atoms with E-state index in [9.17, 15) is 4.79 Å². The van der Waals surface area contributed by atoms with E-state index < -0.39 is 0 Å². The summed E-state index contributed by atoms with van der Waals surface area (Å²) in [6, 6.07) is 20.5. The second-order valence-corrected chi connectivity index (χ2v) is 7.39. The molecular formula is C23H27N5O. The van der Waals surface area contributed by atoms with Gasteiger partial charge in [-0.25, -0.2) is 0 Å². The molecule has 0 N–H and O–H groups in total. The van der Waals surface area contributed by atoms with Crippen molar-refractivity contribution >= 4 is 11.9 Å². The summed E-state index contributed by atoms with van der Waals surface area (Å²) >= 11 is 0. The number of likely N-dealkylation sites (tertiary alicyclic amines) is 1. The minimum absolute atomic E-state index is 0.0204. The van der Waals surface area contributed by atoms with Gasteiger partial charge < -0.3 is 9.80 Å². The number of amides is 1. The molecule has 2 heterocycles. The van der Waals surface area contributed by atoms with Crippen LogP contribution >= 0.6 is 0 Å². The molecule has 0 unspecified atom stereocenters. The van der Waals surface area contributed by atoms with Gasteiger partial charge in [-0.3, -0.25) is 9.36 Å². The summed E-state index contributed by atoms with van der Waals surface area (Å²) in [4.78, 5) is 17.2. The standard InChI is InChI=1S/C23H27N5O/c1-2-26(17-19-11-5-3-6-12-19)23-25-24-21(22(29)27-15-9-10-16-27)28(23)18-20-13-7-4-8-14-20/h3-8,11-14H,2,9-10,15-18H2,1H3. The molecule has 2 aromatic carbocycles. The predicted molar refractivity (Wildman–Crippen MR) is 114 cm³/mol. The summed E-state index contributed by atoms with van der Waals surface area (Å²) in [5.74, 6) is 1.15. The maximum absolute atomic E-state index is 13.1. The van der Waals surface area contributed by atoms with E-state index in [0.717, 1.165) is 50.5 Å². The van der Waals surface area contributed by atoms with Crippen molar-refractivity contribution < 1.29 is 4.79 Å². The highest BCUT2D eigenvalue weighted by Crippen LogP contribution is 2.21. The molecule has 150 valence electrons. The molecule has 6 nitrogen and oxygen atoms in total. The highest BCUT2D eigenvalue weighted by molar-refractivity contribution is 5.91. The second kappa shape index (κ2) is 8.90. The first-order valence-corrected chi connectivity index (χ1v) is 10.3. The zero-order valence-corrected chi connectivity index (χ0v) is 16.9. The lowest BCUT2D eigenvalue weighted by Gasteiger charge is -2.23. The molecule has 0 saturated carbocycles. The Morgan fingerprint density at radius 3 is 2.17 bits per heavy atom. The van der Waals surface area contributed by atoms with Crippen LogP contribution in [-0.4, -0.2) is 45.2 Å². The molecular weight excluding hydrogens is 362 g/mol. The van der Waals surface area contributed by atoms with Crippen LogP contribution in [0.3, 0.4) is 0 Å². The van der Waals surface area contributed by atoms with Gasteiger partial charge in [-0.15, -0.1) is 10.2 Å². The first kappa shape index (κ1) is 19.2. The van der Waals surface area contributed by atoms with Gasteiger partial charge in [0.2, 0.25) is 11.8 Å². The van der Waals surface area contributed by atoms with E-state index in [0.29, 0.717) is 12.4 Å². The summed E-state index contributed by atoms with van der Waals surface area (Å²) in [5.41, 5.74) is 2.33. The van der Waals surface area contributed by atoms with Gasteiger partial charge in [0.25, 0.3) is 5.91 Å². The quantitative estimate of drug-likeness (QED) is 0.620. The molecule has 1 aliphatic heterocycles. The molecule has 0 bridgehead atoms. The molecule has 0 radical (unpaired) electrons. The first-order valence-electron chi connectivity index (χ1n) is 10.3. The highest BCUT2D eigenvalue weighted by Gasteiger charge is 2.27. The maximum Gasteiger partial charge on any atom is 0.291 e. The predicted octanol–water partition coefficient (Wildman–Crippen LogP) is 3.59. The van der Waals surface area contributed by atoms with E-state index in [4.69, 9.17) is 0 Å². The van der Waals surface area contributed by atoms with Crippen molar-refractivity contribution in [2.45, 2.75) is 32.9 Å². The second-order valence-electron chi connectivity index (χ2n) is 7.39. The molecule has 0 spiro atoms. The molecule has 0 atom stereocenters. The zero-order valence-electron chi connectivity index (χ0n) is 16.9. The molecule has 3 aromatic rings. The lowest BCUT2D eigenvalue weighted by Crippen LogP contribution is -2.32. The fourth-order valence-electron chi connectivity index (χ4n) is 3.79. The van der Waals surface area contributed by atoms with Crippen molar-refractivity contribution in [3.8, 4) is 0 Å². The largest absolute Gasteiger partial charge is 0.337 e. The van der Waals surface area contributed by atoms with E-state index in [1.54, 1.807) is 0 Å². The van der Waals surface area contributed by atoms with E-state index in [-0.39, 0.29) is 5.91 Å². The van der Waals surface area contributed by atoms with Crippen LogP contribution in [0.1, 0.15) is 41.5 Å². The van der Waals surface area contributed by atoms with Crippen LogP contribution in [0.2, 0.25) is 0 Å². The van der Waals surface area contributed by atoms with Gasteiger partial charge in [-0.1, -0.05) is 60.7 Å². The van der Waals surface area contributed by atoms with Crippen molar-refractivity contribution in [2.24, 2.45) is 0 Å². The lowest BCUT2D eigenvalue weighted by atomic mass is 10.2. The van der Waals surface area contributed by atoms with Crippen molar-refractivity contribution in [1.29, 1.82) is 0 Å². The Morgan fingerprint density at radius 2 is 1.55 bits per heavy atom. The van der Waals surface area contributed by atoms with Crippen LogP contribution in [0, 0.1) is 0 Å². The van der Waals surface area contributed by atoms with E-state index in [1.165, 1.54) is 5.56 Å². The SMILES string of the molecule is CCN(Cc1ccccc1)c1nnc(C(=O)N2CCCC2)n1Cc1ccccc1. The number of carbonyl (C=O) groups is 1. The third-order valence-corrected chi connectivity index (χ3v) is 5.38. The van der Waals surface area contributed by atoms with Crippen molar-refractivity contribution in [3.05, 3.63) is 77.6 Å². The molecule has 6 heteroatoms. The smallest absolute Gasteiger partial charge is 0.291 e. The molecule has 0 aliphatic carbocycles. The van der Waals surface area contributed by atoms with Gasteiger partial charge in [-0.2, -0.15) is 0 Å². The molecule has 1 aliphatic rings. The minimum atomic E-state index is -0.0204. The lowest BCUT2D eigenvalue weighted by molar-refractivity contribution is 0.0776. The van der Waals surface area contributed by atoms with Gasteiger partial charge >= 0.3 is 0 Å². The summed E-state index contributed by atoms with van der Waals surface area (Å²) in [6.45, 7) is 5.78. The van der Waals surface area contributed by atoms with Crippen LogP contribution in [0.25, 0.3) is 0 Å². The number of aromatic nitrogens is 3. The van der Waals surface area contributed by atoms with E-state index in [2.05, 4.69) is 46.3 Å². The van der Waals surface area contributed by atoms with Crippen molar-refractivity contribution in [3.63, 3.8) is 0 Å². The average Bonchev–Trinajstić information content (AvgIpc) is 3.44. The first-order chi connectivity index (χ1) is 14.3. The Bertz CT molecular complexity index is 932. The zero-order chi connectivity index (χ0) is 20.1. The molecule has 29 heavy (non-hydrogen) atoms. The molecule has 1 fully saturated rings. The van der Waals surface area contributed by atoms with Crippen LogP contribution in [0.5, 0.6) is 0 Å². The number of carbonyl (C=O) groups excluding carboxylic acids is 1. The molecule has 1 aromatic heterocycles. The van der Waals surface area contributed by atoms with Crippen LogP contribution < -0.4 is 4.90 Å². The number of benzene rings is 2. The minimum Gasteiger partial charge on any atom is -0.337 e. The number of hydrogen-bond donors (Lipinski definition) is 0. The number of hydrogen-bond acceptors (Lipinski definition) is 4. The molecule has 4 rings (SSSR count). The van der Waals surface area contributed by atoms with E-state index in [1.807, 2.05) is 45.9 Å². The van der Waals surface area contributed by atoms with Crippen LogP contribution in [0.15, 0.2) is 60.7 Å². The fourth-order valence-corrected chi connectivity index (χ4v) is 3.79.